The number of rotatable bonds is 2. The van der Waals surface area contributed by atoms with Crippen LogP contribution in [-0.2, 0) is 16.6 Å². The van der Waals surface area contributed by atoms with Gasteiger partial charge in [-0.2, -0.15) is 4.31 Å². The van der Waals surface area contributed by atoms with Crippen molar-refractivity contribution in [2.45, 2.75) is 25.9 Å². The van der Waals surface area contributed by atoms with Crippen LogP contribution in [0.2, 0.25) is 0 Å². The quantitative estimate of drug-likeness (QED) is 0.854. The molecule has 0 spiro atoms. The van der Waals surface area contributed by atoms with Gasteiger partial charge in [-0.15, -0.1) is 0 Å². The number of nitrogens with one attached hydrogen (secondary N) is 1. The lowest BCUT2D eigenvalue weighted by Gasteiger charge is -2.30. The Labute approximate surface area is 108 Å². The van der Waals surface area contributed by atoms with Gasteiger partial charge in [0.25, 0.3) is 0 Å². The van der Waals surface area contributed by atoms with Crippen LogP contribution in [0.4, 0.5) is 0 Å². The lowest BCUT2D eigenvalue weighted by atomic mass is 10.2. The van der Waals surface area contributed by atoms with Crippen molar-refractivity contribution in [1.82, 2.24) is 14.6 Å². The van der Waals surface area contributed by atoms with Gasteiger partial charge in [0.2, 0.25) is 10.0 Å². The second-order valence-electron chi connectivity index (χ2n) is 4.62. The first-order chi connectivity index (χ1) is 8.59. The van der Waals surface area contributed by atoms with E-state index in [-0.39, 0.29) is 11.8 Å². The number of pyridine rings is 1. The average Bonchev–Trinajstić information content (AvgIpc) is 2.35. The summed E-state index contributed by atoms with van der Waals surface area (Å²) in [5.41, 5.74) is 0.973. The zero-order valence-corrected chi connectivity index (χ0v) is 11.4. The van der Waals surface area contributed by atoms with Crippen LogP contribution in [0, 0.1) is 0 Å². The topological polar surface area (TPSA) is 62.3 Å². The molecule has 1 fully saturated rings. The van der Waals surface area contributed by atoms with E-state index in [1.54, 1.807) is 16.7 Å². The predicted octanol–water partition coefficient (Wildman–Crippen LogP) is 0.595. The molecule has 0 bridgehead atoms. The van der Waals surface area contributed by atoms with Gasteiger partial charge in [0, 0.05) is 31.5 Å². The lowest BCUT2D eigenvalue weighted by molar-refractivity contribution is 0.312. The second kappa shape index (κ2) is 5.77. The summed E-state index contributed by atoms with van der Waals surface area (Å²) in [4.78, 5) is 3.95. The molecule has 5 nitrogen and oxygen atoms in total. The monoisotopic (exact) mass is 269 g/mol. The van der Waals surface area contributed by atoms with Gasteiger partial charge in [-0.05, 0) is 37.6 Å². The first kappa shape index (κ1) is 13.5. The van der Waals surface area contributed by atoms with Gasteiger partial charge in [0.1, 0.15) is 0 Å². The Bertz CT molecular complexity index is 475. The fourth-order valence-electron chi connectivity index (χ4n) is 2.11. The molecular weight excluding hydrogens is 250 g/mol. The number of nitrogens with zero attached hydrogens (tertiary/aromatic N) is 2. The molecule has 0 radical (unpaired) electrons. The zero-order chi connectivity index (χ0) is 13.0. The highest BCUT2D eigenvalue weighted by Crippen LogP contribution is 2.15. The minimum Gasteiger partial charge on any atom is -0.315 e. The van der Waals surface area contributed by atoms with Crippen molar-refractivity contribution in [3.63, 3.8) is 0 Å². The third-order valence-electron chi connectivity index (χ3n) is 3.13. The third kappa shape index (κ3) is 3.28. The molecule has 2 rings (SSSR count). The maximum Gasteiger partial charge on any atom is 0.214 e. The molecule has 1 unspecified atom stereocenters. The highest BCUT2D eigenvalue weighted by atomic mass is 32.2. The van der Waals surface area contributed by atoms with Gasteiger partial charge < -0.3 is 5.32 Å². The minimum absolute atomic E-state index is 0.0246. The lowest BCUT2D eigenvalue weighted by Crippen LogP contribution is -2.47. The molecule has 0 aromatic carbocycles. The van der Waals surface area contributed by atoms with Crippen LogP contribution in [0.5, 0.6) is 0 Å². The Kier molecular flexibility index (Phi) is 4.31. The molecule has 1 aromatic heterocycles. The van der Waals surface area contributed by atoms with E-state index in [4.69, 9.17) is 0 Å². The van der Waals surface area contributed by atoms with E-state index < -0.39 is 10.0 Å². The fourth-order valence-corrected chi connectivity index (χ4v) is 3.82. The van der Waals surface area contributed by atoms with Crippen LogP contribution in [0.25, 0.3) is 0 Å². The average molecular weight is 269 g/mol. The largest absolute Gasteiger partial charge is 0.315 e. The number of sulfonamides is 1. The first-order valence-electron chi connectivity index (χ1n) is 6.19. The molecule has 2 heterocycles. The molecule has 1 aliphatic rings. The Hall–Kier alpha value is -0.980. The van der Waals surface area contributed by atoms with Crippen LogP contribution in [0.3, 0.4) is 0 Å². The molecule has 1 saturated heterocycles. The van der Waals surface area contributed by atoms with Gasteiger partial charge in [-0.3, -0.25) is 4.98 Å². The van der Waals surface area contributed by atoms with E-state index in [1.807, 2.05) is 19.1 Å². The van der Waals surface area contributed by atoms with Gasteiger partial charge in [-0.1, -0.05) is 0 Å². The van der Waals surface area contributed by atoms with Crippen molar-refractivity contribution in [3.05, 3.63) is 30.1 Å². The summed E-state index contributed by atoms with van der Waals surface area (Å²) in [7, 11) is -3.16. The standard InChI is InChI=1S/C12H19N3O2S/c1-11-9-14-5-2-8-18(16,17)15(11)10-12-3-6-13-7-4-12/h3-4,6-7,11,14H,2,5,8-10H2,1H3. The molecule has 0 aliphatic carbocycles. The Morgan fingerprint density at radius 2 is 2.17 bits per heavy atom. The Morgan fingerprint density at radius 3 is 2.89 bits per heavy atom. The van der Waals surface area contributed by atoms with Gasteiger partial charge in [0.05, 0.1) is 5.75 Å². The van der Waals surface area contributed by atoms with E-state index in [0.29, 0.717) is 19.5 Å². The minimum atomic E-state index is -3.16. The molecular formula is C12H19N3O2S. The van der Waals surface area contributed by atoms with Crippen molar-refractivity contribution in [2.75, 3.05) is 18.8 Å². The van der Waals surface area contributed by atoms with Crippen molar-refractivity contribution in [1.29, 1.82) is 0 Å². The van der Waals surface area contributed by atoms with Crippen LogP contribution in [0.1, 0.15) is 18.9 Å². The van der Waals surface area contributed by atoms with E-state index in [1.165, 1.54) is 0 Å². The van der Waals surface area contributed by atoms with Gasteiger partial charge >= 0.3 is 0 Å². The first-order valence-corrected chi connectivity index (χ1v) is 7.79. The van der Waals surface area contributed by atoms with Crippen LogP contribution < -0.4 is 5.32 Å². The molecule has 6 heteroatoms. The maximum atomic E-state index is 12.3. The summed E-state index contributed by atoms with van der Waals surface area (Å²) in [5, 5.41) is 3.27. The molecule has 0 saturated carbocycles. The van der Waals surface area contributed by atoms with Crippen molar-refractivity contribution in [3.8, 4) is 0 Å². The third-order valence-corrected chi connectivity index (χ3v) is 5.14. The maximum absolute atomic E-state index is 12.3. The molecule has 1 atom stereocenters. The molecule has 18 heavy (non-hydrogen) atoms. The van der Waals surface area contributed by atoms with Crippen molar-refractivity contribution < 1.29 is 8.42 Å². The van der Waals surface area contributed by atoms with Crippen LogP contribution in [-0.4, -0.2) is 42.6 Å². The summed E-state index contributed by atoms with van der Waals surface area (Å²) >= 11 is 0. The summed E-state index contributed by atoms with van der Waals surface area (Å²) < 4.78 is 26.1. The van der Waals surface area contributed by atoms with Gasteiger partial charge in [-0.25, -0.2) is 8.42 Å². The second-order valence-corrected chi connectivity index (χ2v) is 6.66. The normalized spacial score (nSPS) is 25.3. The molecule has 100 valence electrons. The molecule has 1 aliphatic heterocycles. The number of hydrogen-bond donors (Lipinski definition) is 1. The number of hydrogen-bond acceptors (Lipinski definition) is 4. The highest BCUT2D eigenvalue weighted by Gasteiger charge is 2.28. The summed E-state index contributed by atoms with van der Waals surface area (Å²) in [6, 6.07) is 3.69. The summed E-state index contributed by atoms with van der Waals surface area (Å²) in [5.74, 6) is 0.218. The van der Waals surface area contributed by atoms with Crippen LogP contribution >= 0.6 is 0 Å². The van der Waals surface area contributed by atoms with Crippen molar-refractivity contribution >= 4 is 10.0 Å². The van der Waals surface area contributed by atoms with Gasteiger partial charge in [0.15, 0.2) is 0 Å². The highest BCUT2D eigenvalue weighted by molar-refractivity contribution is 7.89. The Morgan fingerprint density at radius 1 is 1.44 bits per heavy atom. The molecule has 1 N–H and O–H groups in total. The van der Waals surface area contributed by atoms with E-state index in [0.717, 1.165) is 12.1 Å². The SMILES string of the molecule is CC1CNCCCS(=O)(=O)N1Cc1ccncc1. The van der Waals surface area contributed by atoms with E-state index >= 15 is 0 Å². The number of aromatic nitrogens is 1. The predicted molar refractivity (Wildman–Crippen MR) is 70.5 cm³/mol. The van der Waals surface area contributed by atoms with E-state index in [2.05, 4.69) is 10.3 Å². The fraction of sp³-hybridized carbons (Fsp3) is 0.583. The molecule has 0 amide bonds. The zero-order valence-electron chi connectivity index (χ0n) is 10.5. The summed E-state index contributed by atoms with van der Waals surface area (Å²) in [6.07, 6.45) is 4.05. The van der Waals surface area contributed by atoms with E-state index in [9.17, 15) is 8.42 Å². The summed E-state index contributed by atoms with van der Waals surface area (Å²) in [6.45, 7) is 3.84. The molecule has 1 aromatic rings. The van der Waals surface area contributed by atoms with Crippen molar-refractivity contribution in [2.24, 2.45) is 0 Å². The Balaban J connectivity index is 2.20. The van der Waals surface area contributed by atoms with Crippen LogP contribution in [0.15, 0.2) is 24.5 Å². The smallest absolute Gasteiger partial charge is 0.214 e.